The van der Waals surface area contributed by atoms with Crippen LogP contribution in [0, 0.1) is 13.8 Å². The molecular formula is C23H27N5O3. The van der Waals surface area contributed by atoms with Crippen LogP contribution in [0.5, 0.6) is 0 Å². The maximum atomic E-state index is 12.3. The van der Waals surface area contributed by atoms with Gasteiger partial charge in [0.25, 0.3) is 5.91 Å². The third-order valence-corrected chi connectivity index (χ3v) is 5.40. The molecule has 4 rings (SSSR count). The number of benzene rings is 1. The number of fused-ring (bicyclic) bond motifs is 2. The van der Waals surface area contributed by atoms with Crippen LogP contribution in [0.2, 0.25) is 0 Å². The summed E-state index contributed by atoms with van der Waals surface area (Å²) < 4.78 is 2.16. The van der Waals surface area contributed by atoms with Crippen LogP contribution in [-0.2, 0) is 13.0 Å². The van der Waals surface area contributed by atoms with Crippen LogP contribution in [0.15, 0.2) is 30.3 Å². The van der Waals surface area contributed by atoms with Crippen molar-refractivity contribution in [3.05, 3.63) is 58.7 Å². The normalized spacial score (nSPS) is 12.5. The molecule has 0 aliphatic heterocycles. The average molecular weight is 422 g/mol. The number of hydrogen-bond acceptors (Lipinski definition) is 5. The highest BCUT2D eigenvalue weighted by molar-refractivity contribution is 5.98. The molecule has 0 radical (unpaired) electrons. The van der Waals surface area contributed by atoms with Crippen LogP contribution in [0.3, 0.4) is 0 Å². The zero-order chi connectivity index (χ0) is 22.1. The Morgan fingerprint density at radius 3 is 2.77 bits per heavy atom. The molecule has 4 N–H and O–H groups in total. The summed E-state index contributed by atoms with van der Waals surface area (Å²) in [6.45, 7) is 6.39. The molecule has 1 aromatic carbocycles. The van der Waals surface area contributed by atoms with E-state index in [1.54, 1.807) is 6.07 Å². The van der Waals surface area contributed by atoms with Gasteiger partial charge in [0.05, 0.1) is 19.3 Å². The van der Waals surface area contributed by atoms with Gasteiger partial charge in [-0.1, -0.05) is 13.0 Å². The summed E-state index contributed by atoms with van der Waals surface area (Å²) >= 11 is 0. The Morgan fingerprint density at radius 1 is 1.23 bits per heavy atom. The molecule has 162 valence electrons. The monoisotopic (exact) mass is 421 g/mol. The van der Waals surface area contributed by atoms with E-state index in [4.69, 9.17) is 15.1 Å². The SMILES string of the molecule is CCc1nc2c(C)cc(C)nc2n1Cc1ccc2[nH]c(C(=O)NCC(O)CO)cc2c1. The van der Waals surface area contributed by atoms with Crippen LogP contribution < -0.4 is 5.32 Å². The van der Waals surface area contributed by atoms with E-state index in [-0.39, 0.29) is 12.5 Å². The van der Waals surface area contributed by atoms with E-state index < -0.39 is 12.7 Å². The molecule has 0 aliphatic rings. The molecule has 1 unspecified atom stereocenters. The Bertz CT molecular complexity index is 1260. The number of aliphatic hydroxyl groups excluding tert-OH is 2. The lowest BCUT2D eigenvalue weighted by atomic mass is 10.1. The third kappa shape index (κ3) is 4.17. The zero-order valence-electron chi connectivity index (χ0n) is 17.9. The lowest BCUT2D eigenvalue weighted by Crippen LogP contribution is -2.34. The average Bonchev–Trinajstić information content (AvgIpc) is 3.33. The Labute approximate surface area is 180 Å². The van der Waals surface area contributed by atoms with Gasteiger partial charge < -0.3 is 25.1 Å². The topological polar surface area (TPSA) is 116 Å². The first kappa shape index (κ1) is 21.0. The van der Waals surface area contributed by atoms with Gasteiger partial charge in [-0.05, 0) is 49.2 Å². The number of nitrogens with one attached hydrogen (secondary N) is 2. The molecule has 3 aromatic heterocycles. The number of hydrogen-bond donors (Lipinski definition) is 4. The highest BCUT2D eigenvalue weighted by Crippen LogP contribution is 2.23. The van der Waals surface area contributed by atoms with Crippen molar-refractivity contribution in [3.63, 3.8) is 0 Å². The number of rotatable bonds is 7. The summed E-state index contributed by atoms with van der Waals surface area (Å²) in [6, 6.07) is 9.89. The van der Waals surface area contributed by atoms with Gasteiger partial charge in [0.15, 0.2) is 5.65 Å². The summed E-state index contributed by atoms with van der Waals surface area (Å²) in [7, 11) is 0. The van der Waals surface area contributed by atoms with E-state index in [1.807, 2.05) is 19.1 Å². The highest BCUT2D eigenvalue weighted by atomic mass is 16.3. The molecule has 3 heterocycles. The molecule has 0 bridgehead atoms. The predicted octanol–water partition coefficient (Wildman–Crippen LogP) is 2.22. The Morgan fingerprint density at radius 2 is 2.03 bits per heavy atom. The number of aromatic amines is 1. The van der Waals surface area contributed by atoms with Crippen LogP contribution in [0.25, 0.3) is 22.1 Å². The summed E-state index contributed by atoms with van der Waals surface area (Å²) in [4.78, 5) is 25.0. The standard InChI is InChI=1S/C23H27N5O3/c1-4-20-27-21-13(2)7-14(3)25-22(21)28(20)11-15-5-6-18-16(8-15)9-19(26-18)23(31)24-10-17(30)12-29/h5-9,17,26,29-30H,4,10-12H2,1-3H3,(H,24,31). The number of carbonyl (C=O) groups is 1. The fraction of sp³-hybridized carbons (Fsp3) is 0.348. The molecule has 31 heavy (non-hydrogen) atoms. The Kier molecular flexibility index (Phi) is 5.75. The number of nitrogens with zero attached hydrogens (tertiary/aromatic N) is 3. The van der Waals surface area contributed by atoms with Gasteiger partial charge in [-0.25, -0.2) is 9.97 Å². The van der Waals surface area contributed by atoms with Crippen LogP contribution >= 0.6 is 0 Å². The van der Waals surface area contributed by atoms with Crippen molar-refractivity contribution in [1.82, 2.24) is 24.8 Å². The van der Waals surface area contributed by atoms with Crippen molar-refractivity contribution in [1.29, 1.82) is 0 Å². The number of H-pyrrole nitrogens is 1. The molecule has 0 saturated heterocycles. The number of aliphatic hydroxyl groups is 2. The van der Waals surface area contributed by atoms with Crippen LogP contribution in [-0.4, -0.2) is 54.9 Å². The molecule has 8 heteroatoms. The first-order valence-corrected chi connectivity index (χ1v) is 10.4. The minimum Gasteiger partial charge on any atom is -0.394 e. The molecule has 0 aliphatic carbocycles. The summed E-state index contributed by atoms with van der Waals surface area (Å²) in [5, 5.41) is 21.8. The fourth-order valence-electron chi connectivity index (χ4n) is 3.84. The van der Waals surface area contributed by atoms with Gasteiger partial charge in [0.1, 0.15) is 17.0 Å². The minimum absolute atomic E-state index is 0.00468. The third-order valence-electron chi connectivity index (χ3n) is 5.40. The number of pyridine rings is 1. The maximum Gasteiger partial charge on any atom is 0.267 e. The molecule has 0 fully saturated rings. The summed E-state index contributed by atoms with van der Waals surface area (Å²) in [5.41, 5.74) is 6.28. The van der Waals surface area contributed by atoms with Gasteiger partial charge in [-0.3, -0.25) is 4.79 Å². The second kappa shape index (κ2) is 8.49. The second-order valence-electron chi connectivity index (χ2n) is 7.87. The van der Waals surface area contributed by atoms with E-state index in [2.05, 4.69) is 40.8 Å². The largest absolute Gasteiger partial charge is 0.394 e. The highest BCUT2D eigenvalue weighted by Gasteiger charge is 2.15. The van der Waals surface area contributed by atoms with Crippen molar-refractivity contribution in [2.75, 3.05) is 13.2 Å². The first-order chi connectivity index (χ1) is 14.9. The van der Waals surface area contributed by atoms with Gasteiger partial charge in [-0.2, -0.15) is 0 Å². The van der Waals surface area contributed by atoms with Crippen molar-refractivity contribution in [3.8, 4) is 0 Å². The summed E-state index contributed by atoms with van der Waals surface area (Å²) in [5.74, 6) is 0.669. The van der Waals surface area contributed by atoms with Gasteiger partial charge in [0.2, 0.25) is 0 Å². The number of aromatic nitrogens is 4. The lowest BCUT2D eigenvalue weighted by molar-refractivity contribution is 0.0799. The number of amides is 1. The Balaban J connectivity index is 1.63. The van der Waals surface area contributed by atoms with E-state index in [0.29, 0.717) is 12.2 Å². The van der Waals surface area contributed by atoms with E-state index >= 15 is 0 Å². The van der Waals surface area contributed by atoms with Gasteiger partial charge >= 0.3 is 0 Å². The first-order valence-electron chi connectivity index (χ1n) is 10.4. The van der Waals surface area contributed by atoms with Crippen molar-refractivity contribution in [2.24, 2.45) is 0 Å². The minimum atomic E-state index is -0.974. The number of aryl methyl sites for hydroxylation is 3. The van der Waals surface area contributed by atoms with Crippen molar-refractivity contribution < 1.29 is 15.0 Å². The maximum absolute atomic E-state index is 12.3. The lowest BCUT2D eigenvalue weighted by Gasteiger charge is -2.09. The van der Waals surface area contributed by atoms with Gasteiger partial charge in [0, 0.05) is 29.6 Å². The smallest absolute Gasteiger partial charge is 0.267 e. The number of imidazole rings is 1. The Hall–Kier alpha value is -3.23. The fourth-order valence-corrected chi connectivity index (χ4v) is 3.84. The quantitative estimate of drug-likeness (QED) is 0.365. The molecule has 8 nitrogen and oxygen atoms in total. The molecule has 0 spiro atoms. The molecule has 0 saturated carbocycles. The van der Waals surface area contributed by atoms with Crippen molar-refractivity contribution in [2.45, 2.75) is 39.8 Å². The molecular weight excluding hydrogens is 394 g/mol. The van der Waals surface area contributed by atoms with Crippen LogP contribution in [0.1, 0.15) is 40.1 Å². The summed E-state index contributed by atoms with van der Waals surface area (Å²) in [6.07, 6.45) is -0.163. The van der Waals surface area contributed by atoms with Crippen LogP contribution in [0.4, 0.5) is 0 Å². The van der Waals surface area contributed by atoms with E-state index in [9.17, 15) is 9.90 Å². The second-order valence-corrected chi connectivity index (χ2v) is 7.87. The molecule has 1 amide bonds. The number of carbonyl (C=O) groups excluding carboxylic acids is 1. The van der Waals surface area contributed by atoms with Crippen molar-refractivity contribution >= 4 is 28.0 Å². The predicted molar refractivity (Wildman–Crippen MR) is 119 cm³/mol. The van der Waals surface area contributed by atoms with E-state index in [1.165, 1.54) is 0 Å². The molecule has 4 aromatic rings. The van der Waals surface area contributed by atoms with E-state index in [0.717, 1.165) is 51.1 Å². The van der Waals surface area contributed by atoms with Gasteiger partial charge in [-0.15, -0.1) is 0 Å². The zero-order valence-corrected chi connectivity index (χ0v) is 17.9. The molecule has 1 atom stereocenters.